The van der Waals surface area contributed by atoms with Crippen LogP contribution in [0.3, 0.4) is 0 Å². The third-order valence-corrected chi connectivity index (χ3v) is 4.93. The molecule has 1 heterocycles. The second kappa shape index (κ2) is 6.43. The summed E-state index contributed by atoms with van der Waals surface area (Å²) in [5, 5.41) is 3.31. The summed E-state index contributed by atoms with van der Waals surface area (Å²) in [6, 6.07) is 15.4. The molecule has 4 rings (SSSR count). The normalized spacial score (nSPS) is 11.2. The lowest BCUT2D eigenvalue weighted by atomic mass is 10.0. The van der Waals surface area contributed by atoms with Gasteiger partial charge in [0.1, 0.15) is 12.4 Å². The predicted molar refractivity (Wildman–Crippen MR) is 106 cm³/mol. The van der Waals surface area contributed by atoms with E-state index in [1.807, 2.05) is 48.0 Å². The van der Waals surface area contributed by atoms with Crippen LogP contribution >= 0.6 is 0 Å². The Labute approximate surface area is 155 Å². The van der Waals surface area contributed by atoms with E-state index in [1.165, 1.54) is 6.92 Å². The molecule has 0 aliphatic carbocycles. The number of pyridine rings is 1. The highest BCUT2D eigenvalue weighted by Crippen LogP contribution is 2.30. The quantitative estimate of drug-likeness (QED) is 0.410. The first-order chi connectivity index (χ1) is 13.0. The van der Waals surface area contributed by atoms with E-state index in [1.54, 1.807) is 19.2 Å². The molecule has 0 spiro atoms. The lowest BCUT2D eigenvalue weighted by Crippen LogP contribution is -2.12. The van der Waals surface area contributed by atoms with Crippen molar-refractivity contribution in [2.45, 2.75) is 13.5 Å². The number of carbonyl (C=O) groups is 1. The van der Waals surface area contributed by atoms with Crippen LogP contribution in [0.4, 0.5) is 0 Å². The van der Waals surface area contributed by atoms with Crippen molar-refractivity contribution in [2.75, 3.05) is 7.11 Å². The molecule has 0 saturated heterocycles. The average Bonchev–Trinajstić information content (AvgIpc) is 2.68. The predicted octanol–water partition coefficient (Wildman–Crippen LogP) is 3.92. The highest BCUT2D eigenvalue weighted by molar-refractivity contribution is 6.02. The standard InChI is InChI=1S/C22H19NO4/c1-13(24)27-12-18-20(26-3)9-8-16-21(18)23(2)19-11-15-7-5-4-6-14(15)10-17(19)22(16)25/h4-11H,12H2,1-3H3. The summed E-state index contributed by atoms with van der Waals surface area (Å²) in [5.41, 5.74) is 2.17. The number of nitrogens with zero attached hydrogens (tertiary/aromatic N) is 1. The zero-order chi connectivity index (χ0) is 19.1. The third-order valence-electron chi connectivity index (χ3n) is 4.93. The Morgan fingerprint density at radius 2 is 1.74 bits per heavy atom. The fraction of sp³-hybridized carbons (Fsp3) is 0.182. The van der Waals surface area contributed by atoms with Gasteiger partial charge in [-0.1, -0.05) is 24.3 Å². The van der Waals surface area contributed by atoms with Crippen molar-refractivity contribution in [3.63, 3.8) is 0 Å². The largest absolute Gasteiger partial charge is 0.496 e. The number of methoxy groups -OCH3 is 1. The molecule has 0 aliphatic rings. The number of esters is 1. The highest BCUT2D eigenvalue weighted by Gasteiger charge is 2.17. The van der Waals surface area contributed by atoms with Crippen LogP contribution in [0.2, 0.25) is 0 Å². The first-order valence-electron chi connectivity index (χ1n) is 8.65. The number of aryl methyl sites for hydroxylation is 1. The van der Waals surface area contributed by atoms with Crippen LogP contribution in [-0.4, -0.2) is 17.6 Å². The number of hydrogen-bond acceptors (Lipinski definition) is 4. The van der Waals surface area contributed by atoms with Gasteiger partial charge in [0, 0.05) is 24.7 Å². The Morgan fingerprint density at radius 3 is 2.41 bits per heavy atom. The lowest BCUT2D eigenvalue weighted by Gasteiger charge is -2.17. The van der Waals surface area contributed by atoms with Crippen LogP contribution in [0.15, 0.2) is 53.3 Å². The van der Waals surface area contributed by atoms with Gasteiger partial charge in [-0.25, -0.2) is 0 Å². The lowest BCUT2D eigenvalue weighted by molar-refractivity contribution is -0.142. The van der Waals surface area contributed by atoms with Crippen LogP contribution < -0.4 is 10.2 Å². The third kappa shape index (κ3) is 2.72. The minimum Gasteiger partial charge on any atom is -0.496 e. The average molecular weight is 361 g/mol. The van der Waals surface area contributed by atoms with Crippen molar-refractivity contribution in [3.05, 3.63) is 64.3 Å². The molecule has 0 saturated carbocycles. The van der Waals surface area contributed by atoms with E-state index in [-0.39, 0.29) is 18.0 Å². The molecule has 5 heteroatoms. The second-order valence-corrected chi connectivity index (χ2v) is 6.53. The zero-order valence-corrected chi connectivity index (χ0v) is 15.4. The molecule has 0 fully saturated rings. The molecule has 0 N–H and O–H groups in total. The summed E-state index contributed by atoms with van der Waals surface area (Å²) >= 11 is 0. The van der Waals surface area contributed by atoms with Crippen molar-refractivity contribution < 1.29 is 14.3 Å². The molecule has 0 amide bonds. The molecule has 5 nitrogen and oxygen atoms in total. The summed E-state index contributed by atoms with van der Waals surface area (Å²) in [6.45, 7) is 1.40. The van der Waals surface area contributed by atoms with Gasteiger partial charge in [-0.15, -0.1) is 0 Å². The van der Waals surface area contributed by atoms with Crippen LogP contribution in [0.25, 0.3) is 32.6 Å². The number of benzene rings is 3. The smallest absolute Gasteiger partial charge is 0.302 e. The Kier molecular flexibility index (Phi) is 4.07. The topological polar surface area (TPSA) is 57.5 Å². The van der Waals surface area contributed by atoms with Gasteiger partial charge in [0.2, 0.25) is 0 Å². The molecule has 0 radical (unpaired) electrons. The Bertz CT molecular complexity index is 1270. The maximum absolute atomic E-state index is 13.2. The summed E-state index contributed by atoms with van der Waals surface area (Å²) < 4.78 is 12.6. The van der Waals surface area contributed by atoms with Crippen molar-refractivity contribution in [2.24, 2.45) is 7.05 Å². The summed E-state index contributed by atoms with van der Waals surface area (Å²) in [4.78, 5) is 24.5. The first-order valence-corrected chi connectivity index (χ1v) is 8.65. The first kappa shape index (κ1) is 17.1. The monoisotopic (exact) mass is 361 g/mol. The van der Waals surface area contributed by atoms with Gasteiger partial charge in [0.05, 0.1) is 23.7 Å². The highest BCUT2D eigenvalue weighted by atomic mass is 16.5. The number of fused-ring (bicyclic) bond motifs is 3. The Balaban J connectivity index is 2.15. The molecular weight excluding hydrogens is 342 g/mol. The summed E-state index contributed by atoms with van der Waals surface area (Å²) in [5.74, 6) is 0.199. The van der Waals surface area contributed by atoms with E-state index in [9.17, 15) is 9.59 Å². The molecular formula is C22H19NO4. The number of rotatable bonds is 3. The van der Waals surface area contributed by atoms with Crippen LogP contribution in [0.5, 0.6) is 5.75 Å². The molecule has 0 atom stereocenters. The summed E-state index contributed by atoms with van der Waals surface area (Å²) in [7, 11) is 3.47. The van der Waals surface area contributed by atoms with Gasteiger partial charge < -0.3 is 14.0 Å². The molecule has 4 aromatic rings. The number of carbonyl (C=O) groups excluding carboxylic acids is 1. The minimum atomic E-state index is -0.383. The molecule has 0 bridgehead atoms. The van der Waals surface area contributed by atoms with Crippen molar-refractivity contribution in [1.29, 1.82) is 0 Å². The molecule has 3 aromatic carbocycles. The van der Waals surface area contributed by atoms with Crippen LogP contribution in [0.1, 0.15) is 12.5 Å². The van der Waals surface area contributed by atoms with Crippen molar-refractivity contribution in [3.8, 4) is 5.75 Å². The second-order valence-electron chi connectivity index (χ2n) is 6.53. The van der Waals surface area contributed by atoms with E-state index < -0.39 is 0 Å². The maximum Gasteiger partial charge on any atom is 0.302 e. The number of aromatic nitrogens is 1. The molecule has 0 aliphatic heterocycles. The van der Waals surface area contributed by atoms with Gasteiger partial charge >= 0.3 is 5.97 Å². The van der Waals surface area contributed by atoms with E-state index in [2.05, 4.69) is 0 Å². The van der Waals surface area contributed by atoms with Crippen LogP contribution in [0, 0.1) is 0 Å². The molecule has 0 unspecified atom stereocenters. The minimum absolute atomic E-state index is 0.0439. The molecule has 27 heavy (non-hydrogen) atoms. The van der Waals surface area contributed by atoms with Crippen molar-refractivity contribution in [1.82, 2.24) is 4.57 Å². The maximum atomic E-state index is 13.2. The van der Waals surface area contributed by atoms with Gasteiger partial charge in [-0.2, -0.15) is 0 Å². The molecule has 1 aromatic heterocycles. The van der Waals surface area contributed by atoms with E-state index in [0.717, 1.165) is 16.3 Å². The summed E-state index contributed by atoms with van der Waals surface area (Å²) in [6.07, 6.45) is 0. The van der Waals surface area contributed by atoms with Gasteiger partial charge in [-0.05, 0) is 35.0 Å². The van der Waals surface area contributed by atoms with Gasteiger partial charge in [0.15, 0.2) is 5.43 Å². The van der Waals surface area contributed by atoms with E-state index in [0.29, 0.717) is 27.6 Å². The van der Waals surface area contributed by atoms with E-state index in [4.69, 9.17) is 9.47 Å². The van der Waals surface area contributed by atoms with Gasteiger partial charge in [-0.3, -0.25) is 9.59 Å². The zero-order valence-electron chi connectivity index (χ0n) is 15.4. The number of hydrogen-bond donors (Lipinski definition) is 0. The Morgan fingerprint density at radius 1 is 1.04 bits per heavy atom. The van der Waals surface area contributed by atoms with Crippen molar-refractivity contribution >= 4 is 38.5 Å². The molecule has 136 valence electrons. The van der Waals surface area contributed by atoms with Crippen LogP contribution in [-0.2, 0) is 23.2 Å². The fourth-order valence-electron chi connectivity index (χ4n) is 3.64. The SMILES string of the molecule is COc1ccc2c(=O)c3cc4ccccc4cc3n(C)c2c1COC(C)=O. The van der Waals surface area contributed by atoms with Gasteiger partial charge in [0.25, 0.3) is 0 Å². The number of ether oxygens (including phenoxy) is 2. The Hall–Kier alpha value is -3.34. The van der Waals surface area contributed by atoms with E-state index >= 15 is 0 Å². The fourth-order valence-corrected chi connectivity index (χ4v) is 3.64.